The molecule has 0 atom stereocenters. The van der Waals surface area contributed by atoms with Crippen molar-refractivity contribution in [2.45, 2.75) is 0 Å². The second-order valence-electron chi connectivity index (χ2n) is 1.67. The first-order chi connectivity index (χ1) is 3.84. The van der Waals surface area contributed by atoms with Crippen molar-refractivity contribution in [1.82, 2.24) is 10.4 Å². The fourth-order valence-electron chi connectivity index (χ4n) is 0.705. The van der Waals surface area contributed by atoms with E-state index in [0.717, 1.165) is 12.4 Å². The highest BCUT2D eigenvalue weighted by molar-refractivity contribution is 4.96. The Labute approximate surface area is 48.9 Å². The smallest absolute Gasteiger partial charge is 0.200 e. The highest BCUT2D eigenvalue weighted by atomic mass is 16.5. The summed E-state index contributed by atoms with van der Waals surface area (Å²) >= 11 is 0. The summed E-state index contributed by atoms with van der Waals surface area (Å²) in [5.41, 5.74) is 3.04. The molecule has 8 heavy (non-hydrogen) atoms. The molecular formula is C5H10N2O. The zero-order valence-corrected chi connectivity index (χ0v) is 5.14. The molecule has 0 spiro atoms. The van der Waals surface area contributed by atoms with E-state index in [1.165, 1.54) is 0 Å². The zero-order valence-electron chi connectivity index (χ0n) is 5.14. The van der Waals surface area contributed by atoms with E-state index in [9.17, 15) is 0 Å². The van der Waals surface area contributed by atoms with Crippen LogP contribution in [0, 0.1) is 0 Å². The predicted molar refractivity (Wildman–Crippen MR) is 30.9 cm³/mol. The maximum absolute atomic E-state index is 4.95. The Balaban J connectivity index is 2.49. The van der Waals surface area contributed by atoms with Crippen LogP contribution in [0.5, 0.6) is 0 Å². The van der Waals surface area contributed by atoms with E-state index in [4.69, 9.17) is 4.74 Å². The van der Waals surface area contributed by atoms with E-state index in [-0.39, 0.29) is 0 Å². The Hall–Kier alpha value is -0.700. The molecule has 3 nitrogen and oxygen atoms in total. The molecular weight excluding hydrogens is 104 g/mol. The third-order valence-corrected chi connectivity index (χ3v) is 1.14. The molecule has 0 aromatic rings. The first-order valence-electron chi connectivity index (χ1n) is 2.56. The highest BCUT2D eigenvalue weighted by Gasteiger charge is 2.07. The third-order valence-electron chi connectivity index (χ3n) is 1.14. The largest absolute Gasteiger partial charge is 0.482 e. The number of nitrogens with one attached hydrogen (secondary N) is 1. The molecule has 0 unspecified atom stereocenters. The highest BCUT2D eigenvalue weighted by Crippen LogP contribution is 2.02. The summed E-state index contributed by atoms with van der Waals surface area (Å²) in [5.74, 6) is 0.894. The van der Waals surface area contributed by atoms with E-state index in [2.05, 4.69) is 5.43 Å². The summed E-state index contributed by atoms with van der Waals surface area (Å²) in [5, 5.41) is 1.85. The SMILES string of the molecule is COC1=CCNN1C. The topological polar surface area (TPSA) is 24.5 Å². The van der Waals surface area contributed by atoms with Crippen molar-refractivity contribution in [3.63, 3.8) is 0 Å². The van der Waals surface area contributed by atoms with E-state index in [1.807, 2.05) is 18.1 Å². The Kier molecular flexibility index (Phi) is 1.39. The second kappa shape index (κ2) is 2.05. The lowest BCUT2D eigenvalue weighted by atomic mass is 10.6. The first kappa shape index (κ1) is 5.44. The number of hydrogen-bond donors (Lipinski definition) is 1. The van der Waals surface area contributed by atoms with Crippen LogP contribution in [-0.4, -0.2) is 25.7 Å². The van der Waals surface area contributed by atoms with Crippen LogP contribution in [0.3, 0.4) is 0 Å². The molecule has 1 N–H and O–H groups in total. The summed E-state index contributed by atoms with van der Waals surface area (Å²) in [6.45, 7) is 0.875. The van der Waals surface area contributed by atoms with Crippen LogP contribution in [0.25, 0.3) is 0 Å². The van der Waals surface area contributed by atoms with Crippen molar-refractivity contribution in [1.29, 1.82) is 0 Å². The van der Waals surface area contributed by atoms with Gasteiger partial charge < -0.3 is 4.74 Å². The Morgan fingerprint density at radius 2 is 2.62 bits per heavy atom. The van der Waals surface area contributed by atoms with Crippen molar-refractivity contribution < 1.29 is 4.74 Å². The Morgan fingerprint density at radius 3 is 2.88 bits per heavy atom. The molecule has 0 saturated carbocycles. The van der Waals surface area contributed by atoms with E-state index in [1.54, 1.807) is 7.11 Å². The molecule has 46 valence electrons. The molecule has 0 aliphatic carbocycles. The quantitative estimate of drug-likeness (QED) is 0.516. The molecule has 3 heteroatoms. The van der Waals surface area contributed by atoms with Crippen LogP contribution in [0.15, 0.2) is 12.0 Å². The standard InChI is InChI=1S/C5H10N2O/c1-7-5(8-2)3-4-6-7/h3,6H,4H2,1-2H3. The van der Waals surface area contributed by atoms with Crippen LogP contribution in [0.2, 0.25) is 0 Å². The fraction of sp³-hybridized carbons (Fsp3) is 0.600. The van der Waals surface area contributed by atoms with Crippen LogP contribution in [0.4, 0.5) is 0 Å². The monoisotopic (exact) mass is 114 g/mol. The number of ether oxygens (including phenoxy) is 1. The molecule has 0 fully saturated rings. The Morgan fingerprint density at radius 1 is 1.88 bits per heavy atom. The molecule has 0 aromatic heterocycles. The lowest BCUT2D eigenvalue weighted by molar-refractivity contribution is 0.158. The van der Waals surface area contributed by atoms with Crippen LogP contribution in [0.1, 0.15) is 0 Å². The third kappa shape index (κ3) is 0.767. The predicted octanol–water partition coefficient (Wildman–Crippen LogP) is -0.0758. The molecule has 0 saturated heterocycles. The average Bonchev–Trinajstić information content (AvgIpc) is 2.14. The summed E-state index contributed by atoms with van der Waals surface area (Å²) in [7, 11) is 3.58. The number of hydrazine groups is 1. The van der Waals surface area contributed by atoms with Gasteiger partial charge in [0.15, 0.2) is 0 Å². The van der Waals surface area contributed by atoms with Gasteiger partial charge in [-0.15, -0.1) is 0 Å². The normalized spacial score (nSPS) is 18.8. The molecule has 0 aromatic carbocycles. The zero-order chi connectivity index (χ0) is 5.98. The van der Waals surface area contributed by atoms with Gasteiger partial charge in [0.2, 0.25) is 5.88 Å². The van der Waals surface area contributed by atoms with Crippen LogP contribution >= 0.6 is 0 Å². The summed E-state index contributed by atoms with van der Waals surface area (Å²) in [6.07, 6.45) is 1.99. The number of methoxy groups -OCH3 is 1. The second-order valence-corrected chi connectivity index (χ2v) is 1.67. The van der Waals surface area contributed by atoms with Gasteiger partial charge in [-0.05, 0) is 6.08 Å². The fourth-order valence-corrected chi connectivity index (χ4v) is 0.705. The molecule has 0 bridgehead atoms. The maximum atomic E-state index is 4.95. The Bertz CT molecular complexity index is 111. The summed E-state index contributed by atoms with van der Waals surface area (Å²) in [4.78, 5) is 0. The van der Waals surface area contributed by atoms with Crippen LogP contribution in [-0.2, 0) is 4.74 Å². The van der Waals surface area contributed by atoms with Crippen molar-refractivity contribution >= 4 is 0 Å². The molecule has 1 rings (SSSR count). The van der Waals surface area contributed by atoms with Gasteiger partial charge >= 0.3 is 0 Å². The minimum Gasteiger partial charge on any atom is -0.482 e. The summed E-state index contributed by atoms with van der Waals surface area (Å²) in [6, 6.07) is 0. The van der Waals surface area contributed by atoms with Crippen molar-refractivity contribution in [2.24, 2.45) is 0 Å². The van der Waals surface area contributed by atoms with Gasteiger partial charge in [0, 0.05) is 13.6 Å². The molecule has 0 amide bonds. The van der Waals surface area contributed by atoms with E-state index in [0.29, 0.717) is 0 Å². The van der Waals surface area contributed by atoms with Gasteiger partial charge in [-0.2, -0.15) is 0 Å². The number of hydrogen-bond acceptors (Lipinski definition) is 3. The average molecular weight is 114 g/mol. The van der Waals surface area contributed by atoms with Gasteiger partial charge in [0.05, 0.1) is 7.11 Å². The van der Waals surface area contributed by atoms with Crippen LogP contribution < -0.4 is 5.43 Å². The first-order valence-corrected chi connectivity index (χ1v) is 2.56. The lowest BCUT2D eigenvalue weighted by Crippen LogP contribution is -2.27. The van der Waals surface area contributed by atoms with Gasteiger partial charge in [-0.1, -0.05) is 0 Å². The molecule has 1 aliphatic heterocycles. The number of rotatable bonds is 1. The molecule has 1 heterocycles. The van der Waals surface area contributed by atoms with E-state index >= 15 is 0 Å². The minimum atomic E-state index is 0.875. The van der Waals surface area contributed by atoms with E-state index < -0.39 is 0 Å². The van der Waals surface area contributed by atoms with Crippen molar-refractivity contribution in [3.05, 3.63) is 12.0 Å². The van der Waals surface area contributed by atoms with Crippen molar-refractivity contribution in [2.75, 3.05) is 20.7 Å². The minimum absolute atomic E-state index is 0.875. The van der Waals surface area contributed by atoms with Gasteiger partial charge in [0.1, 0.15) is 0 Å². The van der Waals surface area contributed by atoms with Gasteiger partial charge in [0.25, 0.3) is 0 Å². The van der Waals surface area contributed by atoms with Gasteiger partial charge in [-0.3, -0.25) is 5.01 Å². The van der Waals surface area contributed by atoms with Gasteiger partial charge in [-0.25, -0.2) is 5.43 Å². The maximum Gasteiger partial charge on any atom is 0.200 e. The number of nitrogens with zero attached hydrogens (tertiary/aromatic N) is 1. The molecule has 0 radical (unpaired) electrons. The molecule has 1 aliphatic rings. The lowest BCUT2D eigenvalue weighted by Gasteiger charge is -2.13. The van der Waals surface area contributed by atoms with Crippen molar-refractivity contribution in [3.8, 4) is 0 Å². The summed E-state index contributed by atoms with van der Waals surface area (Å²) < 4.78 is 4.95.